The van der Waals surface area contributed by atoms with Crippen molar-refractivity contribution in [3.8, 4) is 11.5 Å². The molecule has 0 aliphatic rings. The predicted octanol–water partition coefficient (Wildman–Crippen LogP) is 4.30. The minimum absolute atomic E-state index is 0.215. The van der Waals surface area contributed by atoms with Gasteiger partial charge in [-0.2, -0.15) is 5.10 Å². The maximum atomic E-state index is 11.8. The average Bonchev–Trinajstić information content (AvgIpc) is 3.11. The van der Waals surface area contributed by atoms with Crippen LogP contribution < -0.4 is 10.2 Å². The topological polar surface area (TPSA) is 50.7 Å². The normalized spacial score (nSPS) is 10.6. The molecule has 0 saturated heterocycles. The summed E-state index contributed by atoms with van der Waals surface area (Å²) >= 11 is 1.38. The first kappa shape index (κ1) is 15.0. The van der Waals surface area contributed by atoms with Crippen LogP contribution in [0.5, 0.6) is 11.5 Å². The standard InChI is InChI=1S/C18H14N2O2S/c21-18(17-10-5-11-23-17)20-19-13-14-6-4-9-16(12-14)22-15-7-2-1-3-8-15/h1-13H,(H,20,21)/b19-13+. The maximum Gasteiger partial charge on any atom is 0.281 e. The Kier molecular flexibility index (Phi) is 4.81. The van der Waals surface area contributed by atoms with Crippen molar-refractivity contribution < 1.29 is 9.53 Å². The van der Waals surface area contributed by atoms with E-state index in [-0.39, 0.29) is 5.91 Å². The molecule has 4 nitrogen and oxygen atoms in total. The van der Waals surface area contributed by atoms with Crippen LogP contribution in [0.15, 0.2) is 77.2 Å². The van der Waals surface area contributed by atoms with Crippen LogP contribution >= 0.6 is 11.3 Å². The summed E-state index contributed by atoms with van der Waals surface area (Å²) in [5.74, 6) is 1.27. The molecular weight excluding hydrogens is 308 g/mol. The van der Waals surface area contributed by atoms with Crippen LogP contribution in [-0.2, 0) is 0 Å². The highest BCUT2D eigenvalue weighted by atomic mass is 32.1. The van der Waals surface area contributed by atoms with Crippen molar-refractivity contribution in [1.29, 1.82) is 0 Å². The quantitative estimate of drug-likeness (QED) is 0.562. The van der Waals surface area contributed by atoms with Crippen molar-refractivity contribution >= 4 is 23.5 Å². The fraction of sp³-hybridized carbons (Fsp3) is 0. The van der Waals surface area contributed by atoms with Gasteiger partial charge in [0.15, 0.2) is 0 Å². The van der Waals surface area contributed by atoms with Gasteiger partial charge >= 0.3 is 0 Å². The first-order valence-electron chi connectivity index (χ1n) is 7.01. The molecule has 1 heterocycles. The van der Waals surface area contributed by atoms with Crippen molar-refractivity contribution in [1.82, 2.24) is 5.43 Å². The molecule has 2 aromatic carbocycles. The third-order valence-electron chi connectivity index (χ3n) is 2.96. The first-order chi connectivity index (χ1) is 11.3. The molecule has 0 bridgehead atoms. The lowest BCUT2D eigenvalue weighted by Crippen LogP contribution is -2.16. The van der Waals surface area contributed by atoms with Crippen LogP contribution in [0, 0.1) is 0 Å². The Balaban J connectivity index is 1.63. The Bertz CT molecular complexity index is 799. The molecule has 3 aromatic rings. The van der Waals surface area contributed by atoms with Gasteiger partial charge in [0.05, 0.1) is 11.1 Å². The zero-order valence-electron chi connectivity index (χ0n) is 12.2. The highest BCUT2D eigenvalue weighted by molar-refractivity contribution is 7.12. The number of hydrazone groups is 1. The number of nitrogens with one attached hydrogen (secondary N) is 1. The number of amides is 1. The lowest BCUT2D eigenvalue weighted by molar-refractivity contribution is 0.0959. The summed E-state index contributed by atoms with van der Waals surface area (Å²) in [6.45, 7) is 0. The van der Waals surface area contributed by atoms with Crippen LogP contribution in [0.2, 0.25) is 0 Å². The highest BCUT2D eigenvalue weighted by Crippen LogP contribution is 2.21. The van der Waals surface area contributed by atoms with Crippen molar-refractivity contribution in [3.05, 3.63) is 82.6 Å². The monoisotopic (exact) mass is 322 g/mol. The van der Waals surface area contributed by atoms with Crippen LogP contribution in [0.25, 0.3) is 0 Å². The number of hydrogen-bond donors (Lipinski definition) is 1. The van der Waals surface area contributed by atoms with E-state index in [4.69, 9.17) is 4.74 Å². The fourth-order valence-corrected chi connectivity index (χ4v) is 2.52. The van der Waals surface area contributed by atoms with Crippen LogP contribution in [0.1, 0.15) is 15.2 Å². The van der Waals surface area contributed by atoms with Gasteiger partial charge in [-0.05, 0) is 41.3 Å². The number of carbonyl (C=O) groups excluding carboxylic acids is 1. The Labute approximate surface area is 138 Å². The van der Waals surface area contributed by atoms with Gasteiger partial charge in [-0.15, -0.1) is 11.3 Å². The maximum absolute atomic E-state index is 11.8. The zero-order valence-corrected chi connectivity index (χ0v) is 13.0. The Morgan fingerprint density at radius 1 is 1.00 bits per heavy atom. The Morgan fingerprint density at radius 3 is 2.61 bits per heavy atom. The number of rotatable bonds is 5. The summed E-state index contributed by atoms with van der Waals surface area (Å²) in [4.78, 5) is 12.4. The number of ether oxygens (including phenoxy) is 1. The lowest BCUT2D eigenvalue weighted by Gasteiger charge is -2.05. The molecule has 0 fully saturated rings. The molecule has 0 aliphatic heterocycles. The fourth-order valence-electron chi connectivity index (χ4n) is 1.91. The SMILES string of the molecule is O=C(N/N=C/c1cccc(Oc2ccccc2)c1)c1cccs1. The van der Waals surface area contributed by atoms with E-state index in [1.54, 1.807) is 12.3 Å². The molecule has 0 unspecified atom stereocenters. The van der Waals surface area contributed by atoms with E-state index in [1.165, 1.54) is 11.3 Å². The molecular formula is C18H14N2O2S. The molecule has 0 spiro atoms. The number of carbonyl (C=O) groups is 1. The zero-order chi connectivity index (χ0) is 15.9. The summed E-state index contributed by atoms with van der Waals surface area (Å²) in [5.41, 5.74) is 3.34. The molecule has 114 valence electrons. The van der Waals surface area contributed by atoms with Crippen LogP contribution in [0.4, 0.5) is 0 Å². The lowest BCUT2D eigenvalue weighted by atomic mass is 10.2. The van der Waals surface area contributed by atoms with Gasteiger partial charge in [-0.3, -0.25) is 4.79 Å². The van der Waals surface area contributed by atoms with Gasteiger partial charge < -0.3 is 4.74 Å². The molecule has 1 N–H and O–H groups in total. The van der Waals surface area contributed by atoms with Crippen LogP contribution in [-0.4, -0.2) is 12.1 Å². The van der Waals surface area contributed by atoms with Crippen LogP contribution in [0.3, 0.4) is 0 Å². The molecule has 1 aromatic heterocycles. The largest absolute Gasteiger partial charge is 0.457 e. The second-order valence-corrected chi connectivity index (χ2v) is 5.61. The molecule has 5 heteroatoms. The molecule has 0 atom stereocenters. The van der Waals surface area contributed by atoms with E-state index in [2.05, 4.69) is 10.5 Å². The van der Waals surface area contributed by atoms with Crippen molar-refractivity contribution in [2.24, 2.45) is 5.10 Å². The van der Waals surface area contributed by atoms with Gasteiger partial charge in [0, 0.05) is 0 Å². The number of benzene rings is 2. The highest BCUT2D eigenvalue weighted by Gasteiger charge is 2.03. The second-order valence-electron chi connectivity index (χ2n) is 4.66. The van der Waals surface area contributed by atoms with Crippen molar-refractivity contribution in [2.75, 3.05) is 0 Å². The smallest absolute Gasteiger partial charge is 0.281 e. The van der Waals surface area contributed by atoms with E-state index < -0.39 is 0 Å². The second kappa shape index (κ2) is 7.38. The summed E-state index contributed by atoms with van der Waals surface area (Å²) in [6, 6.07) is 20.6. The van der Waals surface area contributed by atoms with E-state index in [0.29, 0.717) is 10.6 Å². The predicted molar refractivity (Wildman–Crippen MR) is 92.3 cm³/mol. The van der Waals surface area contributed by atoms with E-state index in [1.807, 2.05) is 66.0 Å². The minimum atomic E-state index is -0.215. The number of para-hydroxylation sites is 1. The summed E-state index contributed by atoms with van der Waals surface area (Å²) in [6.07, 6.45) is 1.59. The molecule has 0 aliphatic carbocycles. The Morgan fingerprint density at radius 2 is 1.83 bits per heavy atom. The van der Waals surface area contributed by atoms with Crippen molar-refractivity contribution in [2.45, 2.75) is 0 Å². The van der Waals surface area contributed by atoms with Gasteiger partial charge in [0.25, 0.3) is 5.91 Å². The molecule has 23 heavy (non-hydrogen) atoms. The summed E-state index contributed by atoms with van der Waals surface area (Å²) in [5, 5.41) is 5.82. The van der Waals surface area contributed by atoms with E-state index in [0.717, 1.165) is 11.3 Å². The molecule has 1 amide bonds. The molecule has 3 rings (SSSR count). The average molecular weight is 322 g/mol. The third kappa shape index (κ3) is 4.28. The van der Waals surface area contributed by atoms with Gasteiger partial charge in [0.1, 0.15) is 11.5 Å². The first-order valence-corrected chi connectivity index (χ1v) is 7.89. The van der Waals surface area contributed by atoms with Crippen molar-refractivity contribution in [3.63, 3.8) is 0 Å². The number of thiophene rings is 1. The van der Waals surface area contributed by atoms with E-state index >= 15 is 0 Å². The molecule has 0 radical (unpaired) electrons. The number of hydrogen-bond acceptors (Lipinski definition) is 4. The molecule has 0 saturated carbocycles. The third-order valence-corrected chi connectivity index (χ3v) is 3.83. The van der Waals surface area contributed by atoms with Gasteiger partial charge in [0.2, 0.25) is 0 Å². The Hall–Kier alpha value is -2.92. The van der Waals surface area contributed by atoms with Gasteiger partial charge in [-0.1, -0.05) is 36.4 Å². The van der Waals surface area contributed by atoms with E-state index in [9.17, 15) is 4.79 Å². The van der Waals surface area contributed by atoms with Gasteiger partial charge in [-0.25, -0.2) is 5.43 Å². The minimum Gasteiger partial charge on any atom is -0.457 e. The number of nitrogens with zero attached hydrogens (tertiary/aromatic N) is 1. The summed E-state index contributed by atoms with van der Waals surface area (Å²) in [7, 11) is 0. The summed E-state index contributed by atoms with van der Waals surface area (Å²) < 4.78 is 5.76.